The monoisotopic (exact) mass is 259 g/mol. The van der Waals surface area contributed by atoms with Gasteiger partial charge in [-0.15, -0.1) is 0 Å². The highest BCUT2D eigenvalue weighted by Gasteiger charge is 2.16. The van der Waals surface area contributed by atoms with Crippen LogP contribution >= 0.6 is 0 Å². The van der Waals surface area contributed by atoms with Crippen LogP contribution in [0.2, 0.25) is 0 Å². The van der Waals surface area contributed by atoms with Crippen LogP contribution < -0.4 is 10.6 Å². The molecule has 4 nitrogen and oxygen atoms in total. The lowest BCUT2D eigenvalue weighted by Crippen LogP contribution is -2.27. The zero-order chi connectivity index (χ0) is 14.0. The Balaban J connectivity index is 2.33. The number of nitrogens with zero attached hydrogens (tertiary/aromatic N) is 2. The number of rotatable bonds is 2. The second-order valence-electron chi connectivity index (χ2n) is 4.24. The van der Waals surface area contributed by atoms with Crippen molar-refractivity contribution in [3.05, 3.63) is 53.6 Å². The second-order valence-corrected chi connectivity index (χ2v) is 4.24. The third kappa shape index (κ3) is 2.70. The number of carbonyl (C=O) groups excluding carboxylic acids is 1. The summed E-state index contributed by atoms with van der Waals surface area (Å²) in [6.07, 6.45) is 1.50. The number of hydrogen-bond donors (Lipinski definition) is 1. The molecule has 1 amide bonds. The highest BCUT2D eigenvalue weighted by Crippen LogP contribution is 2.18. The van der Waals surface area contributed by atoms with E-state index in [4.69, 9.17) is 5.73 Å². The van der Waals surface area contributed by atoms with Gasteiger partial charge in [0.1, 0.15) is 5.82 Å². The van der Waals surface area contributed by atoms with Gasteiger partial charge >= 0.3 is 0 Å². The Morgan fingerprint density at radius 2 is 1.95 bits per heavy atom. The number of halogens is 1. The normalized spacial score (nSPS) is 10.3. The molecule has 0 aliphatic heterocycles. The lowest BCUT2D eigenvalue weighted by molar-refractivity contribution is 0.0992. The first-order chi connectivity index (χ1) is 8.99. The molecule has 5 heteroatoms. The van der Waals surface area contributed by atoms with Gasteiger partial charge in [0.15, 0.2) is 0 Å². The summed E-state index contributed by atoms with van der Waals surface area (Å²) in [5.41, 5.74) is 7.72. The van der Waals surface area contributed by atoms with Gasteiger partial charge in [-0.25, -0.2) is 4.39 Å². The van der Waals surface area contributed by atoms with Gasteiger partial charge in [0.25, 0.3) is 5.91 Å². The summed E-state index contributed by atoms with van der Waals surface area (Å²) in [5.74, 6) is -0.574. The van der Waals surface area contributed by atoms with Gasteiger partial charge in [0.2, 0.25) is 0 Å². The van der Waals surface area contributed by atoms with E-state index in [9.17, 15) is 9.18 Å². The van der Waals surface area contributed by atoms with Gasteiger partial charge in [-0.3, -0.25) is 9.78 Å². The van der Waals surface area contributed by atoms with Crippen LogP contribution in [0, 0.1) is 12.7 Å². The Bertz CT molecular complexity index is 611. The minimum atomic E-state index is -0.341. The van der Waals surface area contributed by atoms with Crippen molar-refractivity contribution in [2.24, 2.45) is 0 Å². The Kier molecular flexibility index (Phi) is 3.46. The minimum absolute atomic E-state index is 0.232. The molecule has 0 fully saturated rings. The molecule has 2 rings (SSSR count). The zero-order valence-corrected chi connectivity index (χ0v) is 10.7. The molecule has 1 aromatic heterocycles. The first-order valence-electron chi connectivity index (χ1n) is 5.75. The van der Waals surface area contributed by atoms with Crippen LogP contribution in [0.3, 0.4) is 0 Å². The number of aryl methyl sites for hydroxylation is 1. The number of anilines is 2. The molecule has 1 heterocycles. The van der Waals surface area contributed by atoms with E-state index < -0.39 is 0 Å². The summed E-state index contributed by atoms with van der Waals surface area (Å²) < 4.78 is 12.9. The van der Waals surface area contributed by atoms with Crippen molar-refractivity contribution in [1.29, 1.82) is 0 Å². The molecule has 2 aromatic rings. The SMILES string of the molecule is Cc1ncc(N)cc1C(=O)N(C)c1ccc(F)cc1. The summed E-state index contributed by atoms with van der Waals surface area (Å²) in [4.78, 5) is 17.8. The van der Waals surface area contributed by atoms with Gasteiger partial charge in [-0.1, -0.05) is 0 Å². The Morgan fingerprint density at radius 1 is 1.32 bits per heavy atom. The molecule has 1 aromatic carbocycles. The summed E-state index contributed by atoms with van der Waals surface area (Å²) in [6, 6.07) is 7.29. The maximum Gasteiger partial charge on any atom is 0.259 e. The Morgan fingerprint density at radius 3 is 2.58 bits per heavy atom. The minimum Gasteiger partial charge on any atom is -0.397 e. The Hall–Kier alpha value is -2.43. The quantitative estimate of drug-likeness (QED) is 0.900. The molecule has 0 bridgehead atoms. The number of benzene rings is 1. The molecular formula is C14H14FN3O. The van der Waals surface area contributed by atoms with Crippen LogP contribution in [0.1, 0.15) is 16.1 Å². The molecule has 0 aliphatic rings. The summed E-state index contributed by atoms with van der Waals surface area (Å²) in [6.45, 7) is 1.74. The van der Waals surface area contributed by atoms with Gasteiger partial charge in [0, 0.05) is 12.7 Å². The van der Waals surface area contributed by atoms with E-state index in [1.807, 2.05) is 0 Å². The maximum atomic E-state index is 12.9. The predicted octanol–water partition coefficient (Wildman–Crippen LogP) is 2.39. The largest absolute Gasteiger partial charge is 0.397 e. The second kappa shape index (κ2) is 5.06. The van der Waals surface area contributed by atoms with Crippen LogP contribution in [0.15, 0.2) is 36.5 Å². The highest BCUT2D eigenvalue weighted by atomic mass is 19.1. The van der Waals surface area contributed by atoms with Crippen LogP contribution in [0.4, 0.5) is 15.8 Å². The molecule has 2 N–H and O–H groups in total. The van der Waals surface area contributed by atoms with Crippen LogP contribution in [0.5, 0.6) is 0 Å². The molecule has 0 unspecified atom stereocenters. The highest BCUT2D eigenvalue weighted by molar-refractivity contribution is 6.06. The molecule has 0 spiro atoms. The number of aromatic nitrogens is 1. The van der Waals surface area contributed by atoms with Crippen molar-refractivity contribution in [2.75, 3.05) is 17.7 Å². The lowest BCUT2D eigenvalue weighted by atomic mass is 10.1. The van der Waals surface area contributed by atoms with Gasteiger partial charge in [-0.2, -0.15) is 0 Å². The average molecular weight is 259 g/mol. The van der Waals surface area contributed by atoms with Crippen molar-refractivity contribution >= 4 is 17.3 Å². The van der Waals surface area contributed by atoms with E-state index in [1.165, 1.54) is 23.2 Å². The zero-order valence-electron chi connectivity index (χ0n) is 10.7. The molecule has 0 atom stereocenters. The third-order valence-corrected chi connectivity index (χ3v) is 2.86. The molecular weight excluding hydrogens is 245 g/mol. The number of hydrogen-bond acceptors (Lipinski definition) is 3. The smallest absolute Gasteiger partial charge is 0.259 e. The fraction of sp³-hybridized carbons (Fsp3) is 0.143. The van der Waals surface area contributed by atoms with Gasteiger partial charge in [0.05, 0.1) is 23.1 Å². The van der Waals surface area contributed by atoms with E-state index in [-0.39, 0.29) is 11.7 Å². The maximum absolute atomic E-state index is 12.9. The topological polar surface area (TPSA) is 59.2 Å². The van der Waals surface area contributed by atoms with Crippen molar-refractivity contribution in [3.63, 3.8) is 0 Å². The molecule has 19 heavy (non-hydrogen) atoms. The average Bonchev–Trinajstić information content (AvgIpc) is 2.41. The summed E-state index contributed by atoms with van der Waals surface area (Å²) >= 11 is 0. The van der Waals surface area contributed by atoms with Crippen LogP contribution in [0.25, 0.3) is 0 Å². The molecule has 98 valence electrons. The molecule has 0 saturated heterocycles. The molecule has 0 saturated carbocycles. The summed E-state index contributed by atoms with van der Waals surface area (Å²) in [7, 11) is 1.62. The van der Waals surface area contributed by atoms with Crippen LogP contribution in [-0.2, 0) is 0 Å². The third-order valence-electron chi connectivity index (χ3n) is 2.86. The number of amides is 1. The first-order valence-corrected chi connectivity index (χ1v) is 5.75. The fourth-order valence-corrected chi connectivity index (χ4v) is 1.73. The van der Waals surface area contributed by atoms with E-state index >= 15 is 0 Å². The molecule has 0 radical (unpaired) electrons. The summed E-state index contributed by atoms with van der Waals surface area (Å²) in [5, 5.41) is 0. The number of carbonyl (C=O) groups is 1. The van der Waals surface area contributed by atoms with Crippen molar-refractivity contribution in [1.82, 2.24) is 4.98 Å². The Labute approximate surface area is 110 Å². The lowest BCUT2D eigenvalue weighted by Gasteiger charge is -2.18. The first kappa shape index (κ1) is 13.0. The van der Waals surface area contributed by atoms with Crippen molar-refractivity contribution in [3.8, 4) is 0 Å². The van der Waals surface area contributed by atoms with E-state index in [0.29, 0.717) is 22.6 Å². The van der Waals surface area contributed by atoms with Gasteiger partial charge < -0.3 is 10.6 Å². The van der Waals surface area contributed by atoms with Crippen molar-refractivity contribution in [2.45, 2.75) is 6.92 Å². The van der Waals surface area contributed by atoms with Gasteiger partial charge in [-0.05, 0) is 37.3 Å². The van der Waals surface area contributed by atoms with E-state index in [0.717, 1.165) is 0 Å². The standard InChI is InChI=1S/C14H14FN3O/c1-9-13(7-11(16)8-17-9)14(19)18(2)12-5-3-10(15)4-6-12/h3-8H,16H2,1-2H3. The predicted molar refractivity (Wildman–Crippen MR) is 72.5 cm³/mol. The van der Waals surface area contributed by atoms with Crippen LogP contribution in [-0.4, -0.2) is 17.9 Å². The number of nitrogen functional groups attached to an aromatic ring is 1. The van der Waals surface area contributed by atoms with E-state index in [1.54, 1.807) is 32.2 Å². The molecule has 0 aliphatic carbocycles. The van der Waals surface area contributed by atoms with Crippen molar-refractivity contribution < 1.29 is 9.18 Å². The number of nitrogens with two attached hydrogens (primary N) is 1. The fourth-order valence-electron chi connectivity index (χ4n) is 1.73. The number of pyridine rings is 1. The van der Waals surface area contributed by atoms with E-state index in [2.05, 4.69) is 4.98 Å².